The summed E-state index contributed by atoms with van der Waals surface area (Å²) in [5.74, 6) is -0.713. The Labute approximate surface area is 414 Å². The molecule has 68 heavy (non-hydrogen) atoms. The van der Waals surface area contributed by atoms with Gasteiger partial charge in [-0.1, -0.05) is 230 Å². The smallest absolute Gasteiger partial charge is 0.394 e. The third-order valence-electron chi connectivity index (χ3n) is 13.0. The predicted molar refractivity (Wildman–Crippen MR) is 274 cm³/mol. The van der Waals surface area contributed by atoms with Crippen molar-refractivity contribution < 1.29 is 57.0 Å². The highest BCUT2D eigenvalue weighted by Crippen LogP contribution is 2.26. The second-order valence-electron chi connectivity index (χ2n) is 19.3. The number of ether oxygens (including phenoxy) is 2. The van der Waals surface area contributed by atoms with Crippen molar-refractivity contribution in [1.29, 1.82) is 0 Å². The van der Waals surface area contributed by atoms with Crippen LogP contribution in [0.3, 0.4) is 0 Å². The van der Waals surface area contributed by atoms with Gasteiger partial charge in [0.2, 0.25) is 5.91 Å². The number of carbonyl (C=O) groups excluding carboxylic acids is 1. The maximum Gasteiger partial charge on any atom is 0.397 e. The lowest BCUT2D eigenvalue weighted by atomic mass is 9.99. The average molecular weight is 988 g/mol. The molecular formula is C54H101NO12S. The van der Waals surface area contributed by atoms with E-state index in [1.54, 1.807) is 6.08 Å². The van der Waals surface area contributed by atoms with E-state index in [2.05, 4.69) is 47.7 Å². The minimum atomic E-state index is -5.13. The van der Waals surface area contributed by atoms with Gasteiger partial charge in [-0.2, -0.15) is 8.42 Å². The van der Waals surface area contributed by atoms with Crippen molar-refractivity contribution >= 4 is 16.3 Å². The lowest BCUT2D eigenvalue weighted by molar-refractivity contribution is -0.298. The first-order chi connectivity index (χ1) is 32.9. The quantitative estimate of drug-likeness (QED) is 0.0172. The molecule has 0 aromatic rings. The molecule has 0 saturated carbocycles. The van der Waals surface area contributed by atoms with Crippen molar-refractivity contribution in [3.63, 3.8) is 0 Å². The van der Waals surface area contributed by atoms with E-state index in [0.29, 0.717) is 12.8 Å². The summed E-state index contributed by atoms with van der Waals surface area (Å²) in [6, 6.07) is -1.14. The van der Waals surface area contributed by atoms with Crippen LogP contribution >= 0.6 is 0 Å². The van der Waals surface area contributed by atoms with Crippen LogP contribution in [-0.2, 0) is 28.9 Å². The van der Waals surface area contributed by atoms with Gasteiger partial charge in [-0.15, -0.1) is 0 Å². The second kappa shape index (κ2) is 44.0. The fourth-order valence-corrected chi connectivity index (χ4v) is 9.18. The molecule has 0 aromatic carbocycles. The van der Waals surface area contributed by atoms with Crippen LogP contribution in [0.25, 0.3) is 0 Å². The predicted octanol–water partition coefficient (Wildman–Crippen LogP) is 11.2. The van der Waals surface area contributed by atoms with Crippen molar-refractivity contribution in [1.82, 2.24) is 5.32 Å². The van der Waals surface area contributed by atoms with Crippen molar-refractivity contribution in [3.05, 3.63) is 36.5 Å². The molecule has 7 N–H and O–H groups in total. The molecule has 0 aliphatic carbocycles. The van der Waals surface area contributed by atoms with Crippen LogP contribution in [-0.4, -0.2) is 107 Å². The first-order valence-electron chi connectivity index (χ1n) is 27.5. The van der Waals surface area contributed by atoms with Gasteiger partial charge in [0.25, 0.3) is 0 Å². The standard InChI is InChI=1S/C54H101NO12S/c1-3-5-7-9-11-13-15-17-19-21-23-25-26-28-30-32-34-36-38-40-42-47(57)46(45-65-54-51(60)52(67-68(62,63)64)50(59)49(44-56)66-54)55-53(61)48(58)43-41-39-37-35-33-31-29-27-24-22-20-18-16-14-12-10-8-6-4-2/h25-26,32,34,40,42,46-52,54,56-60H,3-24,27-31,33,35-39,41,43-45H2,1-2H3,(H,55,61)(H,62,63,64)/b26-25+,34-32+,42-40+. The van der Waals surface area contributed by atoms with Gasteiger partial charge in [0.05, 0.1) is 25.4 Å². The van der Waals surface area contributed by atoms with Gasteiger partial charge in [0.15, 0.2) is 6.29 Å². The SMILES string of the molecule is CCCCCCCCCCCC/C=C/CC/C=C/CC/C=C/C(O)C(COC1OC(CO)C(O)C(OS(=O)(=O)O)C1O)NC(=O)C(O)CCCCCCCCCCCCCCCCCCCCC. The number of carbonyl (C=O) groups is 1. The molecule has 400 valence electrons. The molecule has 1 aliphatic rings. The summed E-state index contributed by atoms with van der Waals surface area (Å²) < 4.78 is 47.7. The largest absolute Gasteiger partial charge is 0.397 e. The molecule has 1 fully saturated rings. The Bertz CT molecular complexity index is 1360. The lowest BCUT2D eigenvalue weighted by Crippen LogP contribution is -2.61. The van der Waals surface area contributed by atoms with Gasteiger partial charge in [-0.3, -0.25) is 9.35 Å². The Hall–Kier alpha value is -1.72. The minimum Gasteiger partial charge on any atom is -0.394 e. The van der Waals surface area contributed by atoms with E-state index in [1.165, 1.54) is 167 Å². The van der Waals surface area contributed by atoms with Crippen molar-refractivity contribution in [2.75, 3.05) is 13.2 Å². The molecule has 1 heterocycles. The van der Waals surface area contributed by atoms with Crippen LogP contribution in [0.1, 0.15) is 239 Å². The van der Waals surface area contributed by atoms with Gasteiger partial charge in [0.1, 0.15) is 30.5 Å². The molecule has 1 saturated heterocycles. The van der Waals surface area contributed by atoms with E-state index in [1.807, 2.05) is 0 Å². The molecule has 13 nitrogen and oxygen atoms in total. The number of aliphatic hydroxyl groups is 5. The number of unbranched alkanes of at least 4 members (excludes halogenated alkanes) is 30. The van der Waals surface area contributed by atoms with E-state index in [4.69, 9.17) is 9.47 Å². The Kier molecular flexibility index (Phi) is 41.6. The Morgan fingerprint density at radius 2 is 0.985 bits per heavy atom. The molecule has 8 unspecified atom stereocenters. The maximum absolute atomic E-state index is 13.2. The third kappa shape index (κ3) is 35.4. The van der Waals surface area contributed by atoms with E-state index in [0.717, 1.165) is 44.9 Å². The van der Waals surface area contributed by atoms with Gasteiger partial charge < -0.3 is 40.3 Å². The van der Waals surface area contributed by atoms with Crippen LogP contribution in [0.4, 0.5) is 0 Å². The Morgan fingerprint density at radius 3 is 1.41 bits per heavy atom. The molecule has 1 aliphatic heterocycles. The summed E-state index contributed by atoms with van der Waals surface area (Å²) in [4.78, 5) is 13.2. The summed E-state index contributed by atoms with van der Waals surface area (Å²) in [6.07, 6.45) is 42.2. The minimum absolute atomic E-state index is 0.237. The molecule has 0 spiro atoms. The third-order valence-corrected chi connectivity index (χ3v) is 13.5. The Balaban J connectivity index is 2.51. The van der Waals surface area contributed by atoms with Crippen LogP contribution < -0.4 is 5.32 Å². The first-order valence-corrected chi connectivity index (χ1v) is 28.8. The zero-order chi connectivity index (χ0) is 49.9. The molecular weight excluding hydrogens is 887 g/mol. The molecule has 0 aromatic heterocycles. The number of hydrogen-bond donors (Lipinski definition) is 7. The van der Waals surface area contributed by atoms with E-state index in [9.17, 15) is 43.3 Å². The lowest BCUT2D eigenvalue weighted by Gasteiger charge is -2.41. The maximum atomic E-state index is 13.2. The Morgan fingerprint density at radius 1 is 0.588 bits per heavy atom. The van der Waals surface area contributed by atoms with E-state index >= 15 is 0 Å². The summed E-state index contributed by atoms with van der Waals surface area (Å²) in [6.45, 7) is 3.23. The molecule has 8 atom stereocenters. The second-order valence-corrected chi connectivity index (χ2v) is 20.3. The van der Waals surface area contributed by atoms with Gasteiger partial charge in [0, 0.05) is 0 Å². The van der Waals surface area contributed by atoms with Crippen LogP contribution in [0, 0.1) is 0 Å². The summed E-state index contributed by atoms with van der Waals surface area (Å²) in [5.41, 5.74) is 0. The highest BCUT2D eigenvalue weighted by molar-refractivity contribution is 7.80. The monoisotopic (exact) mass is 988 g/mol. The number of amides is 1. The first kappa shape index (κ1) is 64.3. The van der Waals surface area contributed by atoms with Crippen molar-refractivity contribution in [2.45, 2.75) is 288 Å². The van der Waals surface area contributed by atoms with Crippen molar-refractivity contribution in [2.24, 2.45) is 0 Å². The fourth-order valence-electron chi connectivity index (χ4n) is 8.67. The zero-order valence-electron chi connectivity index (χ0n) is 42.8. The molecule has 1 rings (SSSR count). The van der Waals surface area contributed by atoms with Crippen molar-refractivity contribution in [3.8, 4) is 0 Å². The fraction of sp³-hybridized carbons (Fsp3) is 0.870. The van der Waals surface area contributed by atoms with Crippen LogP contribution in [0.15, 0.2) is 36.5 Å². The molecule has 0 radical (unpaired) electrons. The molecule has 1 amide bonds. The van der Waals surface area contributed by atoms with Gasteiger partial charge in [-0.05, 0) is 44.9 Å². The van der Waals surface area contributed by atoms with Gasteiger partial charge >= 0.3 is 10.4 Å². The number of rotatable bonds is 47. The molecule has 0 bridgehead atoms. The topological polar surface area (TPSA) is 212 Å². The summed E-state index contributed by atoms with van der Waals surface area (Å²) in [7, 11) is -5.13. The highest BCUT2D eigenvalue weighted by Gasteiger charge is 2.48. The number of hydrogen-bond acceptors (Lipinski definition) is 11. The number of aliphatic hydroxyl groups excluding tert-OH is 5. The zero-order valence-corrected chi connectivity index (χ0v) is 43.6. The van der Waals surface area contributed by atoms with E-state index in [-0.39, 0.29) is 6.42 Å². The van der Waals surface area contributed by atoms with Gasteiger partial charge in [-0.25, -0.2) is 4.18 Å². The summed E-state index contributed by atoms with van der Waals surface area (Å²) >= 11 is 0. The molecule has 14 heteroatoms. The average Bonchev–Trinajstić information content (AvgIpc) is 3.31. The number of allylic oxidation sites excluding steroid dienone is 5. The van der Waals surface area contributed by atoms with Crippen LogP contribution in [0.5, 0.6) is 0 Å². The highest BCUT2D eigenvalue weighted by atomic mass is 32.3. The normalized spacial score (nSPS) is 20.5. The van der Waals surface area contributed by atoms with E-state index < -0.39 is 78.5 Å². The number of nitrogens with one attached hydrogen (secondary N) is 1. The van der Waals surface area contributed by atoms with Crippen LogP contribution in [0.2, 0.25) is 0 Å². The summed E-state index contributed by atoms with van der Waals surface area (Å²) in [5, 5.41) is 55.4.